The van der Waals surface area contributed by atoms with E-state index in [0.717, 1.165) is 24.1 Å². The minimum Gasteiger partial charge on any atom is -0.481 e. The van der Waals surface area contributed by atoms with Gasteiger partial charge in [0.05, 0.1) is 6.04 Å². The molecule has 170 valence electrons. The first kappa shape index (κ1) is 22.4. The highest BCUT2D eigenvalue weighted by molar-refractivity contribution is 5.81. The minimum atomic E-state index is -0.513. The number of ether oxygens (including phenoxy) is 1. The Labute approximate surface area is 191 Å². The maximum Gasteiger partial charge on any atom is 0.261 e. The third-order valence-corrected chi connectivity index (χ3v) is 6.53. The van der Waals surface area contributed by atoms with Gasteiger partial charge in [0, 0.05) is 19.5 Å². The van der Waals surface area contributed by atoms with Crippen molar-refractivity contribution in [3.05, 3.63) is 64.7 Å². The topological polar surface area (TPSA) is 58.6 Å². The van der Waals surface area contributed by atoms with Crippen molar-refractivity contribution >= 4 is 11.8 Å². The first-order valence-corrected chi connectivity index (χ1v) is 11.9. The van der Waals surface area contributed by atoms with Crippen LogP contribution in [0.5, 0.6) is 5.75 Å². The van der Waals surface area contributed by atoms with Crippen LogP contribution < -0.4 is 10.1 Å². The third kappa shape index (κ3) is 4.98. The Hall–Kier alpha value is -2.82. The molecule has 0 aromatic heterocycles. The number of nitrogens with one attached hydrogen (secondary N) is 1. The highest BCUT2D eigenvalue weighted by atomic mass is 16.5. The Balaban J connectivity index is 1.62. The number of hydrogen-bond donors (Lipinski definition) is 1. The van der Waals surface area contributed by atoms with E-state index < -0.39 is 6.10 Å². The summed E-state index contributed by atoms with van der Waals surface area (Å²) in [4.78, 5) is 27.4. The minimum absolute atomic E-state index is 0.0462. The molecule has 1 aliphatic heterocycles. The Morgan fingerprint density at radius 2 is 1.97 bits per heavy atom. The number of carbonyl (C=O) groups is 2. The maximum absolute atomic E-state index is 12.8. The number of amides is 2. The molecular weight excluding hydrogens is 400 g/mol. The number of benzene rings is 2. The van der Waals surface area contributed by atoms with Gasteiger partial charge in [-0.2, -0.15) is 0 Å². The molecule has 2 aromatic carbocycles. The molecule has 2 aliphatic rings. The summed E-state index contributed by atoms with van der Waals surface area (Å²) < 4.78 is 6.16. The first-order chi connectivity index (χ1) is 15.5. The summed E-state index contributed by atoms with van der Waals surface area (Å²) in [5, 5.41) is 3.03. The first-order valence-electron chi connectivity index (χ1n) is 11.9. The van der Waals surface area contributed by atoms with Crippen molar-refractivity contribution in [3.63, 3.8) is 0 Å². The van der Waals surface area contributed by atoms with Gasteiger partial charge in [-0.25, -0.2) is 0 Å². The molecule has 0 radical (unpaired) electrons. The predicted octanol–water partition coefficient (Wildman–Crippen LogP) is 4.56. The van der Waals surface area contributed by atoms with E-state index in [2.05, 4.69) is 36.5 Å². The van der Waals surface area contributed by atoms with Gasteiger partial charge in [-0.3, -0.25) is 9.59 Å². The Bertz CT molecular complexity index is 983. The van der Waals surface area contributed by atoms with Crippen LogP contribution in [0, 0.1) is 12.8 Å². The van der Waals surface area contributed by atoms with E-state index in [-0.39, 0.29) is 17.9 Å². The van der Waals surface area contributed by atoms with Gasteiger partial charge in [0.25, 0.3) is 5.91 Å². The van der Waals surface area contributed by atoms with Crippen molar-refractivity contribution in [1.82, 2.24) is 10.2 Å². The normalized spacial score (nSPS) is 18.6. The van der Waals surface area contributed by atoms with Crippen LogP contribution in [0.15, 0.2) is 42.5 Å². The summed E-state index contributed by atoms with van der Waals surface area (Å²) in [6.07, 6.45) is 3.80. The van der Waals surface area contributed by atoms with Gasteiger partial charge < -0.3 is 15.0 Å². The van der Waals surface area contributed by atoms with Crippen LogP contribution in [0.1, 0.15) is 67.8 Å². The van der Waals surface area contributed by atoms with Gasteiger partial charge in [-0.15, -0.1) is 0 Å². The van der Waals surface area contributed by atoms with Crippen LogP contribution in [0.3, 0.4) is 0 Å². The summed E-state index contributed by atoms with van der Waals surface area (Å²) in [5.41, 5.74) is 4.60. The quantitative estimate of drug-likeness (QED) is 0.662. The Morgan fingerprint density at radius 1 is 1.16 bits per heavy atom. The molecule has 1 fully saturated rings. The zero-order valence-electron chi connectivity index (χ0n) is 19.4. The second-order valence-corrected chi connectivity index (χ2v) is 9.07. The summed E-state index contributed by atoms with van der Waals surface area (Å²) in [5.74, 6) is 1.42. The van der Waals surface area contributed by atoms with Crippen LogP contribution in [-0.2, 0) is 16.0 Å². The molecule has 1 saturated carbocycles. The molecule has 1 heterocycles. The molecule has 2 atom stereocenters. The fraction of sp³-hybridized carbons (Fsp3) is 0.481. The predicted molar refractivity (Wildman–Crippen MR) is 126 cm³/mol. The van der Waals surface area contributed by atoms with E-state index in [1.807, 2.05) is 36.9 Å². The lowest BCUT2D eigenvalue weighted by molar-refractivity contribution is -0.133. The average Bonchev–Trinajstić information content (AvgIpc) is 3.64. The van der Waals surface area contributed by atoms with Crippen LogP contribution >= 0.6 is 0 Å². The molecule has 0 bridgehead atoms. The summed E-state index contributed by atoms with van der Waals surface area (Å²) in [6, 6.07) is 14.3. The van der Waals surface area contributed by atoms with Gasteiger partial charge in [-0.05, 0) is 67.3 Å². The zero-order valence-corrected chi connectivity index (χ0v) is 19.4. The van der Waals surface area contributed by atoms with Gasteiger partial charge in [0.2, 0.25) is 5.91 Å². The number of rotatable bonds is 8. The molecular formula is C27H34N2O3. The number of hydrogen-bond acceptors (Lipinski definition) is 3. The van der Waals surface area contributed by atoms with E-state index >= 15 is 0 Å². The smallest absolute Gasteiger partial charge is 0.261 e. The van der Waals surface area contributed by atoms with Gasteiger partial charge in [0.1, 0.15) is 5.75 Å². The average molecular weight is 435 g/mol. The van der Waals surface area contributed by atoms with Crippen LogP contribution in [0.4, 0.5) is 0 Å². The lowest BCUT2D eigenvalue weighted by atomic mass is 9.87. The standard InChI is InChI=1S/C27H34N2O3/c1-4-24(27(31)28-17-19-9-10-19)32-22-12-11-20-13-14-29(25(30)5-2)26(23(20)16-22)21-8-6-7-18(3)15-21/h6-8,11-12,15-16,19,24,26H,4-5,9-10,13-14,17H2,1-3H3,(H,28,31)/t24-,26+/m1/s1. The highest BCUT2D eigenvalue weighted by Crippen LogP contribution is 2.38. The molecule has 1 N–H and O–H groups in total. The molecule has 4 rings (SSSR count). The summed E-state index contributed by atoms with van der Waals surface area (Å²) in [7, 11) is 0. The summed E-state index contributed by atoms with van der Waals surface area (Å²) >= 11 is 0. The van der Waals surface area contributed by atoms with E-state index in [9.17, 15) is 9.59 Å². The van der Waals surface area contributed by atoms with E-state index in [4.69, 9.17) is 4.74 Å². The number of aryl methyl sites for hydroxylation is 1. The Morgan fingerprint density at radius 3 is 2.66 bits per heavy atom. The molecule has 32 heavy (non-hydrogen) atoms. The third-order valence-electron chi connectivity index (χ3n) is 6.53. The largest absolute Gasteiger partial charge is 0.481 e. The lowest BCUT2D eigenvalue weighted by Gasteiger charge is -2.38. The second-order valence-electron chi connectivity index (χ2n) is 9.07. The molecule has 0 unspecified atom stereocenters. The van der Waals surface area contributed by atoms with Crippen molar-refractivity contribution in [2.45, 2.75) is 65.0 Å². The van der Waals surface area contributed by atoms with Crippen molar-refractivity contribution in [2.75, 3.05) is 13.1 Å². The number of nitrogens with zero attached hydrogens (tertiary/aromatic N) is 1. The summed E-state index contributed by atoms with van der Waals surface area (Å²) in [6.45, 7) is 7.41. The van der Waals surface area contributed by atoms with Crippen LogP contribution in [0.2, 0.25) is 0 Å². The SMILES string of the molecule is CCC(=O)N1CCc2ccc(O[C@H](CC)C(=O)NCC3CC3)cc2[C@@H]1c1cccc(C)c1. The van der Waals surface area contributed by atoms with Gasteiger partial charge in [-0.1, -0.05) is 49.7 Å². The Kier molecular flexibility index (Phi) is 6.83. The fourth-order valence-electron chi connectivity index (χ4n) is 4.51. The lowest BCUT2D eigenvalue weighted by Crippen LogP contribution is -2.40. The van der Waals surface area contributed by atoms with Crippen molar-refractivity contribution in [1.29, 1.82) is 0 Å². The molecule has 2 aromatic rings. The van der Waals surface area contributed by atoms with Crippen molar-refractivity contribution < 1.29 is 14.3 Å². The molecule has 2 amide bonds. The highest BCUT2D eigenvalue weighted by Gasteiger charge is 2.32. The van der Waals surface area contributed by atoms with E-state index in [1.165, 1.54) is 24.0 Å². The van der Waals surface area contributed by atoms with Crippen molar-refractivity contribution in [2.24, 2.45) is 5.92 Å². The number of carbonyl (C=O) groups excluding carboxylic acids is 2. The monoisotopic (exact) mass is 434 g/mol. The van der Waals surface area contributed by atoms with Crippen LogP contribution in [0.25, 0.3) is 0 Å². The van der Waals surface area contributed by atoms with Gasteiger partial charge in [0.15, 0.2) is 6.10 Å². The van der Waals surface area contributed by atoms with E-state index in [1.54, 1.807) is 0 Å². The molecule has 0 saturated heterocycles. The zero-order chi connectivity index (χ0) is 22.7. The van der Waals surface area contributed by atoms with Crippen LogP contribution in [-0.4, -0.2) is 35.9 Å². The molecule has 5 nitrogen and oxygen atoms in total. The van der Waals surface area contributed by atoms with Crippen molar-refractivity contribution in [3.8, 4) is 5.75 Å². The number of fused-ring (bicyclic) bond motifs is 1. The molecule has 5 heteroatoms. The van der Waals surface area contributed by atoms with Gasteiger partial charge >= 0.3 is 0 Å². The maximum atomic E-state index is 12.8. The fourth-order valence-corrected chi connectivity index (χ4v) is 4.51. The molecule has 1 aliphatic carbocycles. The second kappa shape index (κ2) is 9.76. The van der Waals surface area contributed by atoms with E-state index in [0.29, 0.717) is 31.1 Å². The molecule has 0 spiro atoms.